The van der Waals surface area contributed by atoms with Gasteiger partial charge in [0.25, 0.3) is 0 Å². The van der Waals surface area contributed by atoms with Crippen LogP contribution in [-0.4, -0.2) is 36.0 Å². The van der Waals surface area contributed by atoms with Crippen molar-refractivity contribution in [3.05, 3.63) is 54.1 Å². The first kappa shape index (κ1) is 18.0. The molecule has 0 aliphatic carbocycles. The van der Waals surface area contributed by atoms with Crippen LogP contribution >= 0.6 is 0 Å². The standard InChI is InChI=1S/C21H26N4O/c1-21(2,3)16-10-12-17(13-11-16)25-19(22-23-20(25)24(4)5)15-8-7-9-18(14-15)26-6/h7-14H,1-6H3. The van der Waals surface area contributed by atoms with Crippen molar-refractivity contribution in [1.82, 2.24) is 14.8 Å². The zero-order valence-electron chi connectivity index (χ0n) is 16.3. The molecular formula is C21H26N4O. The van der Waals surface area contributed by atoms with E-state index in [1.54, 1.807) is 7.11 Å². The second-order valence-corrected chi connectivity index (χ2v) is 7.58. The van der Waals surface area contributed by atoms with Crippen LogP contribution in [0.15, 0.2) is 48.5 Å². The van der Waals surface area contributed by atoms with E-state index >= 15 is 0 Å². The minimum Gasteiger partial charge on any atom is -0.497 e. The van der Waals surface area contributed by atoms with Gasteiger partial charge in [-0.25, -0.2) is 0 Å². The summed E-state index contributed by atoms with van der Waals surface area (Å²) in [6, 6.07) is 16.5. The van der Waals surface area contributed by atoms with Crippen LogP contribution in [0.5, 0.6) is 5.75 Å². The van der Waals surface area contributed by atoms with Gasteiger partial charge in [-0.05, 0) is 35.2 Å². The Kier molecular flexibility index (Phi) is 4.72. The minimum atomic E-state index is 0.117. The highest BCUT2D eigenvalue weighted by Crippen LogP contribution is 2.30. The van der Waals surface area contributed by atoms with Gasteiger partial charge in [0.1, 0.15) is 5.75 Å². The van der Waals surface area contributed by atoms with Gasteiger partial charge in [0, 0.05) is 19.7 Å². The predicted molar refractivity (Wildman–Crippen MR) is 106 cm³/mol. The van der Waals surface area contributed by atoms with E-state index in [0.29, 0.717) is 0 Å². The quantitative estimate of drug-likeness (QED) is 0.703. The highest BCUT2D eigenvalue weighted by Gasteiger charge is 2.19. The number of hydrogen-bond acceptors (Lipinski definition) is 4. The summed E-state index contributed by atoms with van der Waals surface area (Å²) in [4.78, 5) is 1.97. The van der Waals surface area contributed by atoms with Crippen molar-refractivity contribution in [2.75, 3.05) is 26.1 Å². The van der Waals surface area contributed by atoms with E-state index in [0.717, 1.165) is 28.8 Å². The van der Waals surface area contributed by atoms with Crippen molar-refractivity contribution >= 4 is 5.95 Å². The van der Waals surface area contributed by atoms with Gasteiger partial charge >= 0.3 is 0 Å². The van der Waals surface area contributed by atoms with Crippen molar-refractivity contribution < 1.29 is 4.74 Å². The molecule has 26 heavy (non-hydrogen) atoms. The number of rotatable bonds is 4. The lowest BCUT2D eigenvalue weighted by Crippen LogP contribution is -2.15. The first-order valence-corrected chi connectivity index (χ1v) is 8.69. The zero-order chi connectivity index (χ0) is 18.9. The predicted octanol–water partition coefficient (Wildman–Crippen LogP) is 4.31. The summed E-state index contributed by atoms with van der Waals surface area (Å²) in [5, 5.41) is 8.84. The maximum atomic E-state index is 5.36. The molecule has 5 nitrogen and oxygen atoms in total. The molecule has 3 rings (SSSR count). The van der Waals surface area contributed by atoms with Crippen LogP contribution in [0.1, 0.15) is 26.3 Å². The van der Waals surface area contributed by atoms with E-state index in [1.807, 2.05) is 43.3 Å². The Labute approximate surface area is 155 Å². The number of aromatic nitrogens is 3. The van der Waals surface area contributed by atoms with E-state index in [4.69, 9.17) is 4.74 Å². The summed E-state index contributed by atoms with van der Waals surface area (Å²) >= 11 is 0. The van der Waals surface area contributed by atoms with E-state index < -0.39 is 0 Å². The molecule has 0 saturated carbocycles. The Hall–Kier alpha value is -2.82. The van der Waals surface area contributed by atoms with Crippen molar-refractivity contribution in [3.63, 3.8) is 0 Å². The van der Waals surface area contributed by atoms with Crippen molar-refractivity contribution in [2.45, 2.75) is 26.2 Å². The number of hydrogen-bond donors (Lipinski definition) is 0. The maximum absolute atomic E-state index is 5.36. The lowest BCUT2D eigenvalue weighted by atomic mass is 9.87. The van der Waals surface area contributed by atoms with Gasteiger partial charge in [-0.1, -0.05) is 45.0 Å². The molecule has 0 radical (unpaired) electrons. The third-order valence-corrected chi connectivity index (χ3v) is 4.37. The Morgan fingerprint density at radius 3 is 2.23 bits per heavy atom. The number of anilines is 1. The van der Waals surface area contributed by atoms with Crippen LogP contribution in [0.2, 0.25) is 0 Å². The van der Waals surface area contributed by atoms with E-state index in [-0.39, 0.29) is 5.41 Å². The van der Waals surface area contributed by atoms with E-state index in [9.17, 15) is 0 Å². The highest BCUT2D eigenvalue weighted by atomic mass is 16.5. The molecule has 0 spiro atoms. The van der Waals surface area contributed by atoms with Crippen molar-refractivity contribution in [1.29, 1.82) is 0 Å². The molecule has 3 aromatic rings. The third-order valence-electron chi connectivity index (χ3n) is 4.37. The Morgan fingerprint density at radius 2 is 1.65 bits per heavy atom. The number of benzene rings is 2. The number of methoxy groups -OCH3 is 1. The normalized spacial score (nSPS) is 11.5. The summed E-state index contributed by atoms with van der Waals surface area (Å²) in [6.07, 6.45) is 0. The fourth-order valence-electron chi connectivity index (χ4n) is 2.86. The van der Waals surface area contributed by atoms with E-state index in [2.05, 4.69) is 59.8 Å². The van der Waals surface area contributed by atoms with Gasteiger partial charge < -0.3 is 9.64 Å². The summed E-state index contributed by atoms with van der Waals surface area (Å²) < 4.78 is 7.43. The van der Waals surface area contributed by atoms with Gasteiger partial charge in [-0.3, -0.25) is 4.57 Å². The average Bonchev–Trinajstić information content (AvgIpc) is 3.06. The van der Waals surface area contributed by atoms with Crippen LogP contribution in [0.4, 0.5) is 5.95 Å². The molecule has 136 valence electrons. The molecule has 1 aromatic heterocycles. The van der Waals surface area contributed by atoms with Crippen LogP contribution in [0.25, 0.3) is 17.1 Å². The lowest BCUT2D eigenvalue weighted by Gasteiger charge is -2.20. The van der Waals surface area contributed by atoms with Gasteiger partial charge in [0.2, 0.25) is 5.95 Å². The van der Waals surface area contributed by atoms with Crippen molar-refractivity contribution in [2.24, 2.45) is 0 Å². The molecule has 0 saturated heterocycles. The van der Waals surface area contributed by atoms with Crippen LogP contribution in [0, 0.1) is 0 Å². The Morgan fingerprint density at radius 1 is 0.962 bits per heavy atom. The average molecular weight is 350 g/mol. The summed E-state index contributed by atoms with van der Waals surface area (Å²) in [5.41, 5.74) is 3.41. The van der Waals surface area contributed by atoms with E-state index in [1.165, 1.54) is 5.56 Å². The first-order chi connectivity index (χ1) is 12.3. The van der Waals surface area contributed by atoms with Crippen LogP contribution in [0.3, 0.4) is 0 Å². The Balaban J connectivity index is 2.14. The monoisotopic (exact) mass is 350 g/mol. The van der Waals surface area contributed by atoms with Gasteiger partial charge in [-0.15, -0.1) is 10.2 Å². The minimum absolute atomic E-state index is 0.117. The van der Waals surface area contributed by atoms with Gasteiger partial charge in [-0.2, -0.15) is 0 Å². The molecule has 0 N–H and O–H groups in total. The highest BCUT2D eigenvalue weighted by molar-refractivity contribution is 5.63. The molecule has 1 heterocycles. The summed E-state index contributed by atoms with van der Waals surface area (Å²) in [6.45, 7) is 6.65. The molecule has 2 aromatic carbocycles. The second-order valence-electron chi connectivity index (χ2n) is 7.58. The molecule has 0 amide bonds. The fourth-order valence-corrected chi connectivity index (χ4v) is 2.86. The fraction of sp³-hybridized carbons (Fsp3) is 0.333. The second kappa shape index (κ2) is 6.83. The molecule has 0 bridgehead atoms. The molecule has 5 heteroatoms. The molecular weight excluding hydrogens is 324 g/mol. The SMILES string of the molecule is COc1cccc(-c2nnc(N(C)C)n2-c2ccc(C(C)(C)C)cc2)c1. The number of ether oxygens (including phenoxy) is 1. The van der Waals surface area contributed by atoms with Crippen LogP contribution < -0.4 is 9.64 Å². The zero-order valence-corrected chi connectivity index (χ0v) is 16.3. The molecule has 0 aliphatic heterocycles. The Bertz CT molecular complexity index is 889. The summed E-state index contributed by atoms with van der Waals surface area (Å²) in [7, 11) is 5.61. The van der Waals surface area contributed by atoms with Gasteiger partial charge in [0.15, 0.2) is 5.82 Å². The maximum Gasteiger partial charge on any atom is 0.231 e. The van der Waals surface area contributed by atoms with Gasteiger partial charge in [0.05, 0.1) is 12.8 Å². The first-order valence-electron chi connectivity index (χ1n) is 8.69. The molecule has 0 unspecified atom stereocenters. The third kappa shape index (κ3) is 3.43. The lowest BCUT2D eigenvalue weighted by molar-refractivity contribution is 0.415. The molecule has 0 fully saturated rings. The van der Waals surface area contributed by atoms with Crippen LogP contribution in [-0.2, 0) is 5.41 Å². The summed E-state index contributed by atoms with van der Waals surface area (Å²) in [5.74, 6) is 2.37. The number of nitrogens with zero attached hydrogens (tertiary/aromatic N) is 4. The van der Waals surface area contributed by atoms with Crippen molar-refractivity contribution in [3.8, 4) is 22.8 Å². The molecule has 0 aliphatic rings. The largest absolute Gasteiger partial charge is 0.497 e. The molecule has 0 atom stereocenters. The smallest absolute Gasteiger partial charge is 0.231 e. The topological polar surface area (TPSA) is 43.2 Å².